The van der Waals surface area contributed by atoms with Gasteiger partial charge < -0.3 is 14.9 Å². The van der Waals surface area contributed by atoms with Crippen LogP contribution in [0.4, 0.5) is 0 Å². The van der Waals surface area contributed by atoms with Gasteiger partial charge in [0.15, 0.2) is 5.60 Å². The molecule has 0 aromatic rings. The summed E-state index contributed by atoms with van der Waals surface area (Å²) >= 11 is 6.13. The maximum atomic E-state index is 12.1. The number of allylic oxidation sites excluding steroid dienone is 5. The Labute approximate surface area is 148 Å². The highest BCUT2D eigenvalue weighted by Crippen LogP contribution is 2.40. The lowest BCUT2D eigenvalue weighted by Crippen LogP contribution is -2.55. The number of rotatable bonds is 4. The summed E-state index contributed by atoms with van der Waals surface area (Å²) in [5.41, 5.74) is -0.236. The van der Waals surface area contributed by atoms with Gasteiger partial charge in [-0.3, -0.25) is 4.79 Å². The first kappa shape index (κ1) is 19.0. The van der Waals surface area contributed by atoms with Gasteiger partial charge >= 0.3 is 0 Å². The van der Waals surface area contributed by atoms with Crippen molar-refractivity contribution in [2.45, 2.75) is 45.8 Å². The second-order valence-corrected chi connectivity index (χ2v) is 7.16. The number of halogens is 1. The van der Waals surface area contributed by atoms with E-state index in [0.717, 1.165) is 12.0 Å². The number of hydrogen-bond acceptors (Lipinski definition) is 4. The predicted molar refractivity (Wildman–Crippen MR) is 94.4 cm³/mol. The van der Waals surface area contributed by atoms with Crippen LogP contribution in [-0.2, 0) is 9.53 Å². The Morgan fingerprint density at radius 2 is 2.25 bits per heavy atom. The first-order valence-electron chi connectivity index (χ1n) is 8.24. The van der Waals surface area contributed by atoms with Crippen molar-refractivity contribution >= 4 is 17.4 Å². The number of carbonyl (C=O) groups excluding carboxylic acids is 1. The molecule has 0 aromatic heterocycles. The highest BCUT2D eigenvalue weighted by Gasteiger charge is 2.50. The zero-order valence-electron chi connectivity index (χ0n) is 14.5. The van der Waals surface area contributed by atoms with Crippen molar-refractivity contribution in [3.8, 4) is 0 Å². The largest absolute Gasteiger partial charge is 0.493 e. The average molecular weight is 353 g/mol. The van der Waals surface area contributed by atoms with E-state index in [1.807, 2.05) is 19.1 Å². The normalized spacial score (nSPS) is 32.5. The van der Waals surface area contributed by atoms with Gasteiger partial charge in [0.25, 0.3) is 0 Å². The number of Topliss-reactive ketones (excluding diaryl/α,β-unsaturated/α-hetero) is 1. The molecule has 1 aliphatic heterocycles. The molecule has 2 aliphatic rings. The van der Waals surface area contributed by atoms with E-state index in [4.69, 9.17) is 16.3 Å². The van der Waals surface area contributed by atoms with Crippen LogP contribution < -0.4 is 0 Å². The topological polar surface area (TPSA) is 66.8 Å². The fraction of sp³-hybridized carbons (Fsp3) is 0.526. The number of fused-ring (bicyclic) bond motifs is 1. The van der Waals surface area contributed by atoms with E-state index < -0.39 is 23.4 Å². The van der Waals surface area contributed by atoms with Crippen molar-refractivity contribution in [1.29, 1.82) is 0 Å². The first-order valence-corrected chi connectivity index (χ1v) is 8.62. The van der Waals surface area contributed by atoms with Gasteiger partial charge in [0, 0.05) is 5.92 Å². The van der Waals surface area contributed by atoms with Crippen LogP contribution in [0, 0.1) is 11.8 Å². The Morgan fingerprint density at radius 1 is 1.58 bits per heavy atom. The van der Waals surface area contributed by atoms with Gasteiger partial charge in [-0.1, -0.05) is 49.6 Å². The maximum Gasteiger partial charge on any atom is 0.208 e. The Bertz CT molecular complexity index is 640. The zero-order chi connectivity index (χ0) is 18.1. The van der Waals surface area contributed by atoms with Gasteiger partial charge in [-0.2, -0.15) is 0 Å². The van der Waals surface area contributed by atoms with Crippen LogP contribution in [-0.4, -0.2) is 34.3 Å². The molecule has 1 heterocycles. The highest BCUT2D eigenvalue weighted by atomic mass is 35.5. The van der Waals surface area contributed by atoms with E-state index in [-0.39, 0.29) is 11.6 Å². The molecule has 2 N–H and O–H groups in total. The van der Waals surface area contributed by atoms with E-state index in [2.05, 4.69) is 19.9 Å². The number of aliphatic hydroxyl groups excluding tert-OH is 1. The molecule has 4 nitrogen and oxygen atoms in total. The standard InChI is InChI=1S/C19H25ClO4/c1-5-11(2)8-12(3)6-7-13-9-14-15(10-24-13)17(21)19(4,23)18(22)16(14)20/h6-9,11,15,17,21,23H,5,10H2,1-4H3/b7-6+,12-8+/t11-,15-,17-,19+/m0/s1. The van der Waals surface area contributed by atoms with Crippen LogP contribution in [0.25, 0.3) is 0 Å². The Balaban J connectivity index is 2.28. The molecule has 2 rings (SSSR count). The molecule has 1 aliphatic carbocycles. The molecule has 0 saturated carbocycles. The van der Waals surface area contributed by atoms with Gasteiger partial charge in [-0.15, -0.1) is 0 Å². The quantitative estimate of drug-likeness (QED) is 0.762. The molecular weight excluding hydrogens is 328 g/mol. The van der Waals surface area contributed by atoms with Crippen LogP contribution in [0.5, 0.6) is 0 Å². The summed E-state index contributed by atoms with van der Waals surface area (Å²) in [5.74, 6) is -0.0834. The van der Waals surface area contributed by atoms with Crippen molar-refractivity contribution in [2.24, 2.45) is 11.8 Å². The summed E-state index contributed by atoms with van der Waals surface area (Å²) in [6.07, 6.45) is 7.46. The molecular formula is C19H25ClO4. The molecule has 0 radical (unpaired) electrons. The fourth-order valence-electron chi connectivity index (χ4n) is 2.88. The second kappa shape index (κ2) is 7.26. The number of aliphatic hydroxyl groups is 2. The molecule has 24 heavy (non-hydrogen) atoms. The van der Waals surface area contributed by atoms with E-state index in [1.165, 1.54) is 6.92 Å². The number of ether oxygens (including phenoxy) is 1. The third-order valence-electron chi connectivity index (χ3n) is 4.70. The summed E-state index contributed by atoms with van der Waals surface area (Å²) in [6, 6.07) is 0. The minimum atomic E-state index is -1.88. The van der Waals surface area contributed by atoms with Gasteiger partial charge in [0.2, 0.25) is 5.78 Å². The molecule has 0 spiro atoms. The molecule has 5 heteroatoms. The van der Waals surface area contributed by atoms with E-state index in [1.54, 1.807) is 6.08 Å². The van der Waals surface area contributed by atoms with Crippen LogP contribution in [0.15, 0.2) is 46.2 Å². The smallest absolute Gasteiger partial charge is 0.208 e. The summed E-state index contributed by atoms with van der Waals surface area (Å²) in [5, 5.41) is 20.4. The van der Waals surface area contributed by atoms with Crippen LogP contribution in [0.2, 0.25) is 0 Å². The summed E-state index contributed by atoms with van der Waals surface area (Å²) in [6.45, 7) is 7.76. The second-order valence-electron chi connectivity index (χ2n) is 6.78. The van der Waals surface area contributed by atoms with Crippen molar-refractivity contribution in [3.63, 3.8) is 0 Å². The summed E-state index contributed by atoms with van der Waals surface area (Å²) in [7, 11) is 0. The summed E-state index contributed by atoms with van der Waals surface area (Å²) in [4.78, 5) is 12.1. The fourth-order valence-corrected chi connectivity index (χ4v) is 3.26. The summed E-state index contributed by atoms with van der Waals surface area (Å²) < 4.78 is 5.65. The molecule has 0 aromatic carbocycles. The molecule has 0 amide bonds. The average Bonchev–Trinajstić information content (AvgIpc) is 2.56. The van der Waals surface area contributed by atoms with Gasteiger partial charge in [0.05, 0.1) is 11.6 Å². The Morgan fingerprint density at radius 3 is 2.88 bits per heavy atom. The van der Waals surface area contributed by atoms with Crippen molar-refractivity contribution in [2.75, 3.05) is 6.61 Å². The molecule has 4 atom stereocenters. The van der Waals surface area contributed by atoms with E-state index in [9.17, 15) is 15.0 Å². The molecule has 0 unspecified atom stereocenters. The van der Waals surface area contributed by atoms with E-state index in [0.29, 0.717) is 17.3 Å². The molecule has 0 saturated heterocycles. The third-order valence-corrected chi connectivity index (χ3v) is 5.09. The van der Waals surface area contributed by atoms with Gasteiger partial charge in [-0.05, 0) is 37.5 Å². The number of carbonyl (C=O) groups is 1. The molecule has 132 valence electrons. The number of hydrogen-bond donors (Lipinski definition) is 2. The lowest BCUT2D eigenvalue weighted by Gasteiger charge is -2.40. The van der Waals surface area contributed by atoms with Crippen LogP contribution in [0.1, 0.15) is 34.1 Å². The van der Waals surface area contributed by atoms with Crippen molar-refractivity contribution < 1.29 is 19.7 Å². The number of ketones is 1. The molecule has 0 bridgehead atoms. The third kappa shape index (κ3) is 3.66. The van der Waals surface area contributed by atoms with Gasteiger partial charge in [-0.25, -0.2) is 0 Å². The minimum Gasteiger partial charge on any atom is -0.493 e. The van der Waals surface area contributed by atoms with Crippen molar-refractivity contribution in [3.05, 3.63) is 46.2 Å². The highest BCUT2D eigenvalue weighted by molar-refractivity contribution is 6.44. The predicted octanol–water partition coefficient (Wildman–Crippen LogP) is 3.25. The van der Waals surface area contributed by atoms with Crippen molar-refractivity contribution in [1.82, 2.24) is 0 Å². The Hall–Kier alpha value is -1.36. The Kier molecular flexibility index (Phi) is 5.74. The first-order chi connectivity index (χ1) is 11.2. The lowest BCUT2D eigenvalue weighted by molar-refractivity contribution is -0.150. The molecule has 0 fully saturated rings. The zero-order valence-corrected chi connectivity index (χ0v) is 15.3. The maximum absolute atomic E-state index is 12.1. The lowest BCUT2D eigenvalue weighted by atomic mass is 9.75. The van der Waals surface area contributed by atoms with Crippen LogP contribution in [0.3, 0.4) is 0 Å². The van der Waals surface area contributed by atoms with Crippen LogP contribution >= 0.6 is 11.6 Å². The monoisotopic (exact) mass is 352 g/mol. The van der Waals surface area contributed by atoms with E-state index >= 15 is 0 Å². The van der Waals surface area contributed by atoms with Gasteiger partial charge in [0.1, 0.15) is 11.9 Å². The SMILES string of the molecule is CC[C@H](C)/C=C(C)/C=C/C1=CC2=C(Cl)C(=O)[C@](C)(O)[C@@H](O)[C@H]2CO1. The minimum absolute atomic E-state index is 0.0311.